The van der Waals surface area contributed by atoms with Gasteiger partial charge in [-0.25, -0.2) is 4.79 Å². The van der Waals surface area contributed by atoms with Crippen molar-refractivity contribution in [3.8, 4) is 0 Å². The Kier molecular flexibility index (Phi) is 6.09. The molecule has 6 nitrogen and oxygen atoms in total. The molecule has 1 heterocycles. The lowest BCUT2D eigenvalue weighted by atomic mass is 9.85. The second-order valence-electron chi connectivity index (χ2n) is 6.96. The van der Waals surface area contributed by atoms with E-state index < -0.39 is 11.6 Å². The molecular formula is C22H25N3O3. The fourth-order valence-corrected chi connectivity index (χ4v) is 3.44. The lowest BCUT2D eigenvalue weighted by Crippen LogP contribution is -2.45. The van der Waals surface area contributed by atoms with Gasteiger partial charge < -0.3 is 10.6 Å². The maximum absolute atomic E-state index is 13.2. The predicted molar refractivity (Wildman–Crippen MR) is 106 cm³/mol. The molecule has 0 spiro atoms. The molecule has 1 atom stereocenters. The largest absolute Gasteiger partial charge is 0.350 e. The number of hydrogen-bond donors (Lipinski definition) is 2. The molecule has 3 rings (SSSR count). The Labute approximate surface area is 164 Å². The van der Waals surface area contributed by atoms with E-state index in [1.165, 1.54) is 0 Å². The van der Waals surface area contributed by atoms with E-state index in [0.717, 1.165) is 28.9 Å². The van der Waals surface area contributed by atoms with Crippen LogP contribution in [0.3, 0.4) is 0 Å². The first-order chi connectivity index (χ1) is 13.6. The molecule has 2 aromatic rings. The monoisotopic (exact) mass is 379 g/mol. The zero-order chi connectivity index (χ0) is 20.0. The number of nitrogens with one attached hydrogen (secondary N) is 2. The second kappa shape index (κ2) is 8.69. The molecule has 2 aromatic carbocycles. The van der Waals surface area contributed by atoms with Crippen molar-refractivity contribution in [2.75, 3.05) is 6.54 Å². The number of hydrogen-bond acceptors (Lipinski definition) is 3. The van der Waals surface area contributed by atoms with E-state index in [0.29, 0.717) is 13.0 Å². The van der Waals surface area contributed by atoms with E-state index in [-0.39, 0.29) is 18.4 Å². The summed E-state index contributed by atoms with van der Waals surface area (Å²) in [7, 11) is 0. The molecule has 0 saturated carbocycles. The smallest absolute Gasteiger partial charge is 0.325 e. The fraction of sp³-hybridized carbons (Fsp3) is 0.318. The highest BCUT2D eigenvalue weighted by atomic mass is 16.2. The lowest BCUT2D eigenvalue weighted by molar-refractivity contribution is -0.135. The van der Waals surface area contributed by atoms with E-state index >= 15 is 0 Å². The molecule has 1 aliphatic rings. The van der Waals surface area contributed by atoms with Crippen LogP contribution in [0.25, 0.3) is 0 Å². The number of carbonyl (C=O) groups excluding carboxylic acids is 3. The summed E-state index contributed by atoms with van der Waals surface area (Å²) in [6.07, 6.45) is 2.18. The van der Waals surface area contributed by atoms with Gasteiger partial charge in [-0.2, -0.15) is 0 Å². The molecule has 28 heavy (non-hydrogen) atoms. The summed E-state index contributed by atoms with van der Waals surface area (Å²) in [6.45, 7) is 2.09. The standard InChI is InChI=1S/C22H25N3O3/c1-2-3-14-22(18-12-8-5-9-13-18)20(27)25(21(28)24-22)16-19(26)23-15-17-10-6-4-7-11-17/h4-13H,2-3,14-16H2,1H3,(H,23,26)(H,24,28). The van der Waals surface area contributed by atoms with E-state index in [2.05, 4.69) is 10.6 Å². The molecule has 146 valence electrons. The number of unbranched alkanes of at least 4 members (excludes halogenated alkanes) is 1. The van der Waals surface area contributed by atoms with Crippen LogP contribution in [-0.2, 0) is 21.7 Å². The zero-order valence-corrected chi connectivity index (χ0v) is 16.0. The molecule has 1 aliphatic heterocycles. The minimum atomic E-state index is -1.10. The highest BCUT2D eigenvalue weighted by Crippen LogP contribution is 2.34. The molecule has 2 N–H and O–H groups in total. The van der Waals surface area contributed by atoms with Gasteiger partial charge in [0.25, 0.3) is 5.91 Å². The number of urea groups is 1. The number of amides is 4. The molecule has 0 bridgehead atoms. The first-order valence-electron chi connectivity index (χ1n) is 9.57. The molecule has 1 fully saturated rings. The molecule has 0 radical (unpaired) electrons. The quantitative estimate of drug-likeness (QED) is 0.692. The predicted octanol–water partition coefficient (Wildman–Crippen LogP) is 2.94. The summed E-state index contributed by atoms with van der Waals surface area (Å²) in [5.41, 5.74) is 0.595. The first kappa shape index (κ1) is 19.6. The van der Waals surface area contributed by atoms with Gasteiger partial charge in [0.2, 0.25) is 5.91 Å². The van der Waals surface area contributed by atoms with Crippen LogP contribution in [0.5, 0.6) is 0 Å². The molecule has 4 amide bonds. The number of rotatable bonds is 8. The van der Waals surface area contributed by atoms with Crippen LogP contribution < -0.4 is 10.6 Å². The van der Waals surface area contributed by atoms with Gasteiger partial charge in [-0.15, -0.1) is 0 Å². The molecule has 1 saturated heterocycles. The van der Waals surface area contributed by atoms with Crippen molar-refractivity contribution in [3.05, 3.63) is 71.8 Å². The van der Waals surface area contributed by atoms with Crippen molar-refractivity contribution in [3.63, 3.8) is 0 Å². The average Bonchev–Trinajstić information content (AvgIpc) is 2.97. The van der Waals surface area contributed by atoms with Gasteiger partial charge in [0.05, 0.1) is 0 Å². The highest BCUT2D eigenvalue weighted by molar-refractivity contribution is 6.09. The van der Waals surface area contributed by atoms with Crippen LogP contribution in [0.1, 0.15) is 37.3 Å². The number of imide groups is 1. The third-order valence-corrected chi connectivity index (χ3v) is 4.98. The van der Waals surface area contributed by atoms with Gasteiger partial charge in [0.1, 0.15) is 12.1 Å². The third kappa shape index (κ3) is 4.06. The van der Waals surface area contributed by atoms with Crippen LogP contribution >= 0.6 is 0 Å². The van der Waals surface area contributed by atoms with E-state index in [4.69, 9.17) is 0 Å². The van der Waals surface area contributed by atoms with Crippen molar-refractivity contribution in [2.24, 2.45) is 0 Å². The summed E-state index contributed by atoms with van der Waals surface area (Å²) in [5, 5.41) is 5.62. The average molecular weight is 379 g/mol. The summed E-state index contributed by atoms with van der Waals surface area (Å²) >= 11 is 0. The Morgan fingerprint density at radius 1 is 1.04 bits per heavy atom. The minimum absolute atomic E-state index is 0.293. The Balaban J connectivity index is 1.73. The number of benzene rings is 2. The second-order valence-corrected chi connectivity index (χ2v) is 6.96. The van der Waals surface area contributed by atoms with Crippen molar-refractivity contribution in [1.29, 1.82) is 0 Å². The van der Waals surface area contributed by atoms with Crippen LogP contribution in [-0.4, -0.2) is 29.3 Å². The Morgan fingerprint density at radius 3 is 2.32 bits per heavy atom. The van der Waals surface area contributed by atoms with Crippen molar-refractivity contribution in [1.82, 2.24) is 15.5 Å². The van der Waals surface area contributed by atoms with Crippen molar-refractivity contribution < 1.29 is 14.4 Å². The normalized spacial score (nSPS) is 18.8. The van der Waals surface area contributed by atoms with Gasteiger partial charge >= 0.3 is 6.03 Å². The topological polar surface area (TPSA) is 78.5 Å². The maximum Gasteiger partial charge on any atom is 0.325 e. The summed E-state index contributed by atoms with van der Waals surface area (Å²) in [4.78, 5) is 39.1. The lowest BCUT2D eigenvalue weighted by Gasteiger charge is -2.27. The summed E-state index contributed by atoms with van der Waals surface area (Å²) in [6, 6.07) is 18.2. The first-order valence-corrected chi connectivity index (χ1v) is 9.57. The van der Waals surface area contributed by atoms with E-state index in [9.17, 15) is 14.4 Å². The Hall–Kier alpha value is -3.15. The van der Waals surface area contributed by atoms with E-state index in [1.54, 1.807) is 0 Å². The van der Waals surface area contributed by atoms with Gasteiger partial charge in [-0.05, 0) is 17.5 Å². The minimum Gasteiger partial charge on any atom is -0.350 e. The van der Waals surface area contributed by atoms with Crippen LogP contribution in [0.4, 0.5) is 4.79 Å². The van der Waals surface area contributed by atoms with Crippen LogP contribution in [0.15, 0.2) is 60.7 Å². The molecular weight excluding hydrogens is 354 g/mol. The third-order valence-electron chi connectivity index (χ3n) is 4.98. The number of nitrogens with zero attached hydrogens (tertiary/aromatic N) is 1. The summed E-state index contributed by atoms with van der Waals surface area (Å²) < 4.78 is 0. The van der Waals surface area contributed by atoms with Crippen molar-refractivity contribution in [2.45, 2.75) is 38.3 Å². The van der Waals surface area contributed by atoms with Gasteiger partial charge in [-0.3, -0.25) is 14.5 Å². The molecule has 0 aliphatic carbocycles. The molecule has 6 heteroatoms. The number of carbonyl (C=O) groups is 3. The molecule has 1 unspecified atom stereocenters. The SMILES string of the molecule is CCCCC1(c2ccccc2)NC(=O)N(CC(=O)NCc2ccccc2)C1=O. The van der Waals surface area contributed by atoms with Gasteiger partial charge in [0, 0.05) is 6.54 Å². The Morgan fingerprint density at radius 2 is 1.68 bits per heavy atom. The van der Waals surface area contributed by atoms with Gasteiger partial charge in [-0.1, -0.05) is 80.4 Å². The highest BCUT2D eigenvalue weighted by Gasteiger charge is 2.52. The van der Waals surface area contributed by atoms with Crippen LogP contribution in [0.2, 0.25) is 0 Å². The maximum atomic E-state index is 13.2. The zero-order valence-electron chi connectivity index (χ0n) is 16.0. The van der Waals surface area contributed by atoms with Crippen LogP contribution in [0, 0.1) is 0 Å². The van der Waals surface area contributed by atoms with Crippen molar-refractivity contribution >= 4 is 17.8 Å². The Bertz CT molecular complexity index is 839. The summed E-state index contributed by atoms with van der Waals surface area (Å²) in [5.74, 6) is -0.737. The van der Waals surface area contributed by atoms with Gasteiger partial charge in [0.15, 0.2) is 0 Å². The van der Waals surface area contributed by atoms with E-state index in [1.807, 2.05) is 67.6 Å². The molecule has 0 aromatic heterocycles. The fourth-order valence-electron chi connectivity index (χ4n) is 3.44.